The van der Waals surface area contributed by atoms with Gasteiger partial charge in [0, 0.05) is 5.69 Å². The average molecular weight is 273 g/mol. The summed E-state index contributed by atoms with van der Waals surface area (Å²) in [6, 6.07) is 9.99. The maximum absolute atomic E-state index is 11.0. The second kappa shape index (κ2) is 5.52. The van der Waals surface area contributed by atoms with Gasteiger partial charge < -0.3 is 20.3 Å². The van der Waals surface area contributed by atoms with Gasteiger partial charge in [-0.3, -0.25) is 0 Å². The summed E-state index contributed by atoms with van der Waals surface area (Å²) in [5.74, 6) is 0.389. The van der Waals surface area contributed by atoms with Crippen LogP contribution in [-0.2, 0) is 0 Å². The van der Waals surface area contributed by atoms with Crippen molar-refractivity contribution >= 4 is 11.7 Å². The molecule has 0 heterocycles. The first-order valence-electron chi connectivity index (χ1n) is 5.96. The van der Waals surface area contributed by atoms with Crippen LogP contribution in [-0.4, -0.2) is 18.2 Å². The van der Waals surface area contributed by atoms with Crippen LogP contribution in [0.25, 0.3) is 0 Å². The van der Waals surface area contributed by atoms with Crippen molar-refractivity contribution in [3.8, 4) is 17.2 Å². The van der Waals surface area contributed by atoms with E-state index < -0.39 is 5.97 Å². The summed E-state index contributed by atoms with van der Waals surface area (Å²) in [7, 11) is 1.55. The number of carboxylic acid groups (broad SMARTS) is 1. The Bertz CT molecular complexity index is 652. The lowest BCUT2D eigenvalue weighted by Gasteiger charge is -2.12. The van der Waals surface area contributed by atoms with E-state index in [-0.39, 0.29) is 11.3 Å². The number of methoxy groups -OCH3 is 1. The van der Waals surface area contributed by atoms with Gasteiger partial charge in [-0.15, -0.1) is 0 Å². The van der Waals surface area contributed by atoms with Crippen molar-refractivity contribution in [1.29, 1.82) is 0 Å². The van der Waals surface area contributed by atoms with Crippen LogP contribution in [0.1, 0.15) is 15.9 Å². The zero-order valence-electron chi connectivity index (χ0n) is 11.2. The molecule has 0 unspecified atom stereocenters. The van der Waals surface area contributed by atoms with Crippen LogP contribution in [0.2, 0.25) is 0 Å². The lowest BCUT2D eigenvalue weighted by atomic mass is 10.1. The molecule has 20 heavy (non-hydrogen) atoms. The molecule has 2 aromatic carbocycles. The highest BCUT2D eigenvalue weighted by molar-refractivity contribution is 5.94. The van der Waals surface area contributed by atoms with Gasteiger partial charge in [-0.2, -0.15) is 0 Å². The summed E-state index contributed by atoms with van der Waals surface area (Å²) >= 11 is 0. The van der Waals surface area contributed by atoms with E-state index in [0.29, 0.717) is 17.2 Å². The minimum absolute atomic E-state index is 0.00794. The second-order valence-corrected chi connectivity index (χ2v) is 4.31. The Kier molecular flexibility index (Phi) is 3.79. The topological polar surface area (TPSA) is 81.8 Å². The third-order valence-electron chi connectivity index (χ3n) is 2.80. The highest BCUT2D eigenvalue weighted by Crippen LogP contribution is 2.33. The average Bonchev–Trinajstić information content (AvgIpc) is 2.42. The fraction of sp³-hybridized carbons (Fsp3) is 0.133. The van der Waals surface area contributed by atoms with E-state index in [0.717, 1.165) is 5.56 Å². The van der Waals surface area contributed by atoms with Crippen molar-refractivity contribution in [2.75, 3.05) is 12.8 Å². The Morgan fingerprint density at radius 3 is 2.55 bits per heavy atom. The first kappa shape index (κ1) is 13.7. The van der Waals surface area contributed by atoms with Crippen molar-refractivity contribution < 1.29 is 19.4 Å². The standard InChI is InChI=1S/C15H15NO4/c1-9-3-6-13(14(7-9)19-2)20-10-4-5-12(16)11(8-10)15(17)18/h3-8H,16H2,1-2H3,(H,17,18). The number of aromatic carboxylic acids is 1. The lowest BCUT2D eigenvalue weighted by Crippen LogP contribution is -2.02. The molecule has 5 nitrogen and oxygen atoms in total. The molecule has 0 aromatic heterocycles. The third kappa shape index (κ3) is 2.83. The summed E-state index contributed by atoms with van der Waals surface area (Å²) in [4.78, 5) is 11.0. The smallest absolute Gasteiger partial charge is 0.337 e. The molecule has 0 atom stereocenters. The molecule has 0 bridgehead atoms. The fourth-order valence-electron chi connectivity index (χ4n) is 1.77. The normalized spacial score (nSPS) is 10.1. The Morgan fingerprint density at radius 2 is 1.90 bits per heavy atom. The van der Waals surface area contributed by atoms with Crippen LogP contribution in [0.4, 0.5) is 5.69 Å². The van der Waals surface area contributed by atoms with E-state index in [1.807, 2.05) is 19.1 Å². The fourth-order valence-corrected chi connectivity index (χ4v) is 1.77. The number of carboxylic acids is 1. The summed E-state index contributed by atoms with van der Waals surface area (Å²) < 4.78 is 10.9. The van der Waals surface area contributed by atoms with Gasteiger partial charge in [0.05, 0.1) is 12.7 Å². The summed E-state index contributed by atoms with van der Waals surface area (Å²) in [6.45, 7) is 1.94. The van der Waals surface area contributed by atoms with Gasteiger partial charge in [-0.05, 0) is 42.8 Å². The molecule has 2 aromatic rings. The van der Waals surface area contributed by atoms with Crippen molar-refractivity contribution in [1.82, 2.24) is 0 Å². The maximum Gasteiger partial charge on any atom is 0.337 e. The van der Waals surface area contributed by atoms with Crippen LogP contribution in [0, 0.1) is 6.92 Å². The monoisotopic (exact) mass is 273 g/mol. The Balaban J connectivity index is 2.35. The van der Waals surface area contributed by atoms with Crippen molar-refractivity contribution in [3.05, 3.63) is 47.5 Å². The highest BCUT2D eigenvalue weighted by atomic mass is 16.5. The number of anilines is 1. The predicted octanol–water partition coefficient (Wildman–Crippen LogP) is 3.08. The Morgan fingerprint density at radius 1 is 1.15 bits per heavy atom. The van der Waals surface area contributed by atoms with Gasteiger partial charge in [-0.1, -0.05) is 6.07 Å². The van der Waals surface area contributed by atoms with Crippen LogP contribution >= 0.6 is 0 Å². The van der Waals surface area contributed by atoms with E-state index in [4.69, 9.17) is 20.3 Å². The molecule has 0 aliphatic carbocycles. The van der Waals surface area contributed by atoms with Crippen molar-refractivity contribution in [2.24, 2.45) is 0 Å². The lowest BCUT2D eigenvalue weighted by molar-refractivity contribution is 0.0697. The molecule has 0 saturated heterocycles. The van der Waals surface area contributed by atoms with E-state index in [9.17, 15) is 4.79 Å². The summed E-state index contributed by atoms with van der Waals surface area (Å²) in [5.41, 5.74) is 6.84. The zero-order chi connectivity index (χ0) is 14.7. The molecule has 0 saturated carbocycles. The quantitative estimate of drug-likeness (QED) is 0.836. The minimum atomic E-state index is -1.09. The molecular weight excluding hydrogens is 258 g/mol. The third-order valence-corrected chi connectivity index (χ3v) is 2.80. The number of aryl methyl sites for hydroxylation is 1. The van der Waals surface area contributed by atoms with Gasteiger partial charge in [0.1, 0.15) is 5.75 Å². The molecule has 3 N–H and O–H groups in total. The molecule has 2 rings (SSSR count). The van der Waals surface area contributed by atoms with Gasteiger partial charge in [0.15, 0.2) is 11.5 Å². The highest BCUT2D eigenvalue weighted by Gasteiger charge is 2.11. The summed E-state index contributed by atoms with van der Waals surface area (Å²) in [6.07, 6.45) is 0. The zero-order valence-corrected chi connectivity index (χ0v) is 11.2. The van der Waals surface area contributed by atoms with E-state index in [2.05, 4.69) is 0 Å². The minimum Gasteiger partial charge on any atom is -0.493 e. The Hall–Kier alpha value is -2.69. The van der Waals surface area contributed by atoms with Crippen LogP contribution in [0.3, 0.4) is 0 Å². The number of hydrogen-bond acceptors (Lipinski definition) is 4. The molecule has 0 fully saturated rings. The number of carbonyl (C=O) groups is 1. The maximum atomic E-state index is 11.0. The van der Waals surface area contributed by atoms with Crippen LogP contribution in [0.15, 0.2) is 36.4 Å². The first-order chi connectivity index (χ1) is 9.51. The first-order valence-corrected chi connectivity index (χ1v) is 5.96. The number of ether oxygens (including phenoxy) is 2. The second-order valence-electron chi connectivity index (χ2n) is 4.31. The molecule has 0 radical (unpaired) electrons. The number of nitrogens with two attached hydrogens (primary N) is 1. The SMILES string of the molecule is COc1cc(C)ccc1Oc1ccc(N)c(C(=O)O)c1. The van der Waals surface area contributed by atoms with Crippen LogP contribution < -0.4 is 15.2 Å². The molecule has 0 amide bonds. The van der Waals surface area contributed by atoms with Gasteiger partial charge in [0.2, 0.25) is 0 Å². The number of rotatable bonds is 4. The van der Waals surface area contributed by atoms with E-state index in [1.54, 1.807) is 19.2 Å². The number of hydrogen-bond donors (Lipinski definition) is 2. The molecule has 104 valence electrons. The van der Waals surface area contributed by atoms with Crippen molar-refractivity contribution in [3.63, 3.8) is 0 Å². The Labute approximate surface area is 116 Å². The molecule has 0 aliphatic rings. The molecule has 0 spiro atoms. The predicted molar refractivity (Wildman–Crippen MR) is 75.6 cm³/mol. The molecular formula is C15H15NO4. The molecule has 0 aliphatic heterocycles. The summed E-state index contributed by atoms with van der Waals surface area (Å²) in [5, 5.41) is 9.03. The molecule has 5 heteroatoms. The van der Waals surface area contributed by atoms with Gasteiger partial charge >= 0.3 is 5.97 Å². The van der Waals surface area contributed by atoms with Gasteiger partial charge in [0.25, 0.3) is 0 Å². The largest absolute Gasteiger partial charge is 0.493 e. The van der Waals surface area contributed by atoms with E-state index >= 15 is 0 Å². The number of benzene rings is 2. The van der Waals surface area contributed by atoms with Crippen molar-refractivity contribution in [2.45, 2.75) is 6.92 Å². The van der Waals surface area contributed by atoms with E-state index in [1.165, 1.54) is 12.1 Å². The van der Waals surface area contributed by atoms with Gasteiger partial charge in [-0.25, -0.2) is 4.79 Å². The van der Waals surface area contributed by atoms with Crippen LogP contribution in [0.5, 0.6) is 17.2 Å². The number of nitrogen functional groups attached to an aromatic ring is 1.